The van der Waals surface area contributed by atoms with Crippen molar-refractivity contribution in [3.8, 4) is 0 Å². The molecule has 1 unspecified atom stereocenters. The zero-order valence-electron chi connectivity index (χ0n) is 15.1. The lowest BCUT2D eigenvalue weighted by molar-refractivity contribution is 0.392. The van der Waals surface area contributed by atoms with Gasteiger partial charge in [-0.15, -0.1) is 0 Å². The Bertz CT molecular complexity index is 702. The molecule has 0 bridgehead atoms. The van der Waals surface area contributed by atoms with Crippen LogP contribution in [0, 0.1) is 6.92 Å². The van der Waals surface area contributed by atoms with Crippen LogP contribution in [0.1, 0.15) is 38.8 Å². The standard InChI is InChI=1S/C15H28N6O2S/c1-11-18-13-7-6-12(10-21(13)20-11)19-14(16-5)17-8-9-24(22,23)15(2,3)4/h12H,6-10H2,1-5H3,(H2,16,17,19). The van der Waals surface area contributed by atoms with Crippen LogP contribution in [0.4, 0.5) is 0 Å². The highest BCUT2D eigenvalue weighted by Gasteiger charge is 2.28. The summed E-state index contributed by atoms with van der Waals surface area (Å²) in [7, 11) is -1.46. The van der Waals surface area contributed by atoms with Gasteiger partial charge in [-0.05, 0) is 34.1 Å². The third kappa shape index (κ3) is 4.46. The molecule has 0 saturated heterocycles. The van der Waals surface area contributed by atoms with Crippen molar-refractivity contribution in [1.82, 2.24) is 25.4 Å². The maximum Gasteiger partial charge on any atom is 0.191 e. The van der Waals surface area contributed by atoms with E-state index >= 15 is 0 Å². The Kier molecular flexibility index (Phi) is 5.52. The second-order valence-electron chi connectivity index (χ2n) is 7.07. The van der Waals surface area contributed by atoms with Crippen LogP contribution in [-0.4, -0.2) is 59.3 Å². The van der Waals surface area contributed by atoms with Gasteiger partial charge in [0.05, 0.1) is 17.0 Å². The maximum absolute atomic E-state index is 12.1. The summed E-state index contributed by atoms with van der Waals surface area (Å²) in [5.41, 5.74) is 0. The molecule has 8 nitrogen and oxygen atoms in total. The number of hydrogen-bond donors (Lipinski definition) is 2. The van der Waals surface area contributed by atoms with Crippen LogP contribution in [0.5, 0.6) is 0 Å². The molecule has 1 atom stereocenters. The second-order valence-corrected chi connectivity index (χ2v) is 9.93. The molecule has 0 amide bonds. The van der Waals surface area contributed by atoms with E-state index in [0.29, 0.717) is 12.5 Å². The van der Waals surface area contributed by atoms with Crippen LogP contribution in [-0.2, 0) is 22.8 Å². The smallest absolute Gasteiger partial charge is 0.191 e. The number of hydrogen-bond acceptors (Lipinski definition) is 5. The number of aliphatic imine (C=N–C) groups is 1. The third-order valence-electron chi connectivity index (χ3n) is 4.12. The zero-order chi connectivity index (χ0) is 18.0. The predicted octanol–water partition coefficient (Wildman–Crippen LogP) is 0.280. The number of fused-ring (bicyclic) bond motifs is 1. The lowest BCUT2D eigenvalue weighted by atomic mass is 10.1. The highest BCUT2D eigenvalue weighted by molar-refractivity contribution is 7.92. The van der Waals surface area contributed by atoms with Crippen LogP contribution in [0.15, 0.2) is 4.99 Å². The Morgan fingerprint density at radius 2 is 2.12 bits per heavy atom. The molecule has 2 heterocycles. The first-order valence-electron chi connectivity index (χ1n) is 8.22. The SMILES string of the molecule is CN=C(NCCS(=O)(=O)C(C)(C)C)NC1CCc2nc(C)nn2C1. The molecule has 1 aliphatic heterocycles. The largest absolute Gasteiger partial charge is 0.355 e. The normalized spacial score (nSPS) is 19.0. The van der Waals surface area contributed by atoms with Gasteiger partial charge in [-0.1, -0.05) is 0 Å². The van der Waals surface area contributed by atoms with Gasteiger partial charge in [0.2, 0.25) is 0 Å². The summed E-state index contributed by atoms with van der Waals surface area (Å²) in [6.07, 6.45) is 1.81. The maximum atomic E-state index is 12.1. The highest BCUT2D eigenvalue weighted by atomic mass is 32.2. The van der Waals surface area contributed by atoms with Gasteiger partial charge in [-0.3, -0.25) is 4.99 Å². The first-order chi connectivity index (χ1) is 11.1. The Morgan fingerprint density at radius 3 is 2.75 bits per heavy atom. The zero-order valence-corrected chi connectivity index (χ0v) is 15.9. The molecular weight excluding hydrogens is 328 g/mol. The fraction of sp³-hybridized carbons (Fsp3) is 0.800. The van der Waals surface area contributed by atoms with Gasteiger partial charge in [-0.25, -0.2) is 18.1 Å². The van der Waals surface area contributed by atoms with E-state index < -0.39 is 14.6 Å². The van der Waals surface area contributed by atoms with E-state index in [2.05, 4.69) is 25.7 Å². The minimum Gasteiger partial charge on any atom is -0.355 e. The fourth-order valence-electron chi connectivity index (χ4n) is 2.55. The van der Waals surface area contributed by atoms with E-state index in [-0.39, 0.29) is 11.8 Å². The Labute approximate surface area is 144 Å². The van der Waals surface area contributed by atoms with Gasteiger partial charge >= 0.3 is 0 Å². The summed E-state index contributed by atoms with van der Waals surface area (Å²) < 4.78 is 25.5. The minimum atomic E-state index is -3.14. The molecular formula is C15H28N6O2S. The molecule has 1 aromatic heterocycles. The minimum absolute atomic E-state index is 0.0777. The molecule has 0 saturated carbocycles. The van der Waals surface area contributed by atoms with Crippen molar-refractivity contribution in [2.45, 2.75) is 57.9 Å². The molecule has 1 aromatic rings. The number of nitrogens with one attached hydrogen (secondary N) is 2. The number of aromatic nitrogens is 3. The monoisotopic (exact) mass is 356 g/mol. The van der Waals surface area contributed by atoms with Gasteiger partial charge < -0.3 is 10.6 Å². The first-order valence-corrected chi connectivity index (χ1v) is 9.87. The molecule has 0 spiro atoms. The fourth-order valence-corrected chi connectivity index (χ4v) is 3.53. The molecule has 0 aromatic carbocycles. The molecule has 2 rings (SSSR count). The number of rotatable bonds is 4. The van der Waals surface area contributed by atoms with E-state index in [1.54, 1.807) is 27.8 Å². The van der Waals surface area contributed by atoms with Crippen molar-refractivity contribution in [3.05, 3.63) is 11.6 Å². The van der Waals surface area contributed by atoms with Crippen molar-refractivity contribution < 1.29 is 8.42 Å². The summed E-state index contributed by atoms with van der Waals surface area (Å²) in [6.45, 7) is 8.11. The molecule has 24 heavy (non-hydrogen) atoms. The summed E-state index contributed by atoms with van der Waals surface area (Å²) >= 11 is 0. The van der Waals surface area contributed by atoms with Crippen molar-refractivity contribution in [2.75, 3.05) is 19.3 Å². The molecule has 0 radical (unpaired) electrons. The predicted molar refractivity (Wildman–Crippen MR) is 94.9 cm³/mol. The van der Waals surface area contributed by atoms with E-state index in [0.717, 1.165) is 31.0 Å². The summed E-state index contributed by atoms with van der Waals surface area (Å²) in [5, 5.41) is 10.8. The van der Waals surface area contributed by atoms with Gasteiger partial charge in [0.15, 0.2) is 15.8 Å². The molecule has 0 fully saturated rings. The summed E-state index contributed by atoms with van der Waals surface area (Å²) in [5.74, 6) is 2.50. The van der Waals surface area contributed by atoms with E-state index in [4.69, 9.17) is 0 Å². The lowest BCUT2D eigenvalue weighted by Gasteiger charge is -2.25. The average molecular weight is 356 g/mol. The van der Waals surface area contributed by atoms with E-state index in [1.165, 1.54) is 0 Å². The van der Waals surface area contributed by atoms with Crippen LogP contribution in [0.25, 0.3) is 0 Å². The van der Waals surface area contributed by atoms with Crippen LogP contribution < -0.4 is 10.6 Å². The topological polar surface area (TPSA) is 101 Å². The van der Waals surface area contributed by atoms with Crippen molar-refractivity contribution >= 4 is 15.8 Å². The van der Waals surface area contributed by atoms with E-state index in [9.17, 15) is 8.42 Å². The van der Waals surface area contributed by atoms with Gasteiger partial charge in [0.25, 0.3) is 0 Å². The number of sulfone groups is 1. The van der Waals surface area contributed by atoms with Crippen molar-refractivity contribution in [3.63, 3.8) is 0 Å². The Balaban J connectivity index is 1.86. The van der Waals surface area contributed by atoms with Crippen molar-refractivity contribution in [1.29, 1.82) is 0 Å². The number of guanidine groups is 1. The molecule has 0 aliphatic carbocycles. The summed E-state index contributed by atoms with van der Waals surface area (Å²) in [4.78, 5) is 8.58. The molecule has 2 N–H and O–H groups in total. The van der Waals surface area contributed by atoms with Gasteiger partial charge in [-0.2, -0.15) is 5.10 Å². The third-order valence-corrected chi connectivity index (χ3v) is 6.73. The second kappa shape index (κ2) is 7.08. The Hall–Kier alpha value is -1.64. The number of aryl methyl sites for hydroxylation is 2. The molecule has 1 aliphatic rings. The molecule has 136 valence electrons. The number of nitrogens with zero attached hydrogens (tertiary/aromatic N) is 4. The van der Waals surface area contributed by atoms with Crippen LogP contribution in [0.2, 0.25) is 0 Å². The molecule has 9 heteroatoms. The average Bonchev–Trinajstić information content (AvgIpc) is 2.84. The van der Waals surface area contributed by atoms with Crippen molar-refractivity contribution in [2.24, 2.45) is 4.99 Å². The van der Waals surface area contributed by atoms with Gasteiger partial charge in [0, 0.05) is 26.1 Å². The highest BCUT2D eigenvalue weighted by Crippen LogP contribution is 2.15. The first kappa shape index (κ1) is 18.7. The quantitative estimate of drug-likeness (QED) is 0.594. The Morgan fingerprint density at radius 1 is 1.42 bits per heavy atom. The van der Waals surface area contributed by atoms with Gasteiger partial charge in [0.1, 0.15) is 11.6 Å². The lowest BCUT2D eigenvalue weighted by Crippen LogP contribution is -2.48. The van der Waals surface area contributed by atoms with Crippen LogP contribution >= 0.6 is 0 Å². The summed E-state index contributed by atoms with van der Waals surface area (Å²) in [6, 6.07) is 0.198. The van der Waals surface area contributed by atoms with E-state index in [1.807, 2.05) is 11.6 Å². The van der Waals surface area contributed by atoms with Crippen LogP contribution in [0.3, 0.4) is 0 Å².